The second-order valence-corrected chi connectivity index (χ2v) is 8.39. The van der Waals surface area contributed by atoms with E-state index in [1.54, 1.807) is 50.2 Å². The summed E-state index contributed by atoms with van der Waals surface area (Å²) < 4.78 is 37.5. The molecule has 29 heavy (non-hydrogen) atoms. The number of benzene rings is 2. The molecule has 0 aromatic heterocycles. The molecular formula is C21H25NO6S. The van der Waals surface area contributed by atoms with Crippen molar-refractivity contribution in [3.8, 4) is 5.75 Å². The molecule has 0 aliphatic heterocycles. The zero-order chi connectivity index (χ0) is 21.6. The second-order valence-electron chi connectivity index (χ2n) is 6.69. The Hall–Kier alpha value is -2.71. The summed E-state index contributed by atoms with van der Waals surface area (Å²) >= 11 is 0. The summed E-state index contributed by atoms with van der Waals surface area (Å²) in [5.74, 6) is -0.399. The fourth-order valence-electron chi connectivity index (χ4n) is 3.03. The lowest BCUT2D eigenvalue weighted by Crippen LogP contribution is -2.28. The Morgan fingerprint density at radius 1 is 1.00 bits per heavy atom. The van der Waals surface area contributed by atoms with E-state index < -0.39 is 22.6 Å². The molecule has 0 heterocycles. The Balaban J connectivity index is 1.85. The van der Waals surface area contributed by atoms with Gasteiger partial charge in [0.05, 0.1) is 18.4 Å². The van der Waals surface area contributed by atoms with Gasteiger partial charge in [-0.3, -0.25) is 9.59 Å². The van der Waals surface area contributed by atoms with Crippen molar-refractivity contribution >= 4 is 21.8 Å². The van der Waals surface area contributed by atoms with Gasteiger partial charge in [0.25, 0.3) is 0 Å². The van der Waals surface area contributed by atoms with E-state index in [4.69, 9.17) is 9.47 Å². The van der Waals surface area contributed by atoms with Crippen molar-refractivity contribution in [1.82, 2.24) is 4.72 Å². The minimum absolute atomic E-state index is 0.120. The van der Waals surface area contributed by atoms with Crippen molar-refractivity contribution in [3.05, 3.63) is 58.7 Å². The number of carbonyl (C=O) groups excluding carboxylic acids is 2. The molecule has 0 saturated carbocycles. The van der Waals surface area contributed by atoms with Gasteiger partial charge in [0.1, 0.15) is 5.75 Å². The van der Waals surface area contributed by atoms with Crippen LogP contribution < -0.4 is 9.46 Å². The highest BCUT2D eigenvalue weighted by Gasteiger charge is 2.20. The molecule has 0 atom stereocenters. The first-order valence-electron chi connectivity index (χ1n) is 9.04. The Bertz CT molecular complexity index is 973. The number of ether oxygens (including phenoxy) is 2. The first kappa shape index (κ1) is 22.6. The monoisotopic (exact) mass is 419 g/mol. The maximum absolute atomic E-state index is 12.5. The highest BCUT2D eigenvalue weighted by Crippen LogP contribution is 2.21. The van der Waals surface area contributed by atoms with E-state index >= 15 is 0 Å². The highest BCUT2D eigenvalue weighted by molar-refractivity contribution is 7.89. The molecular weight excluding hydrogens is 394 g/mol. The average Bonchev–Trinajstić information content (AvgIpc) is 2.65. The molecule has 2 aromatic rings. The average molecular weight is 419 g/mol. The van der Waals surface area contributed by atoms with Crippen molar-refractivity contribution in [1.29, 1.82) is 0 Å². The summed E-state index contributed by atoms with van der Waals surface area (Å²) in [6.45, 7) is 4.83. The van der Waals surface area contributed by atoms with Crippen LogP contribution in [-0.4, -0.2) is 40.4 Å². The SMILES string of the molecule is COc1ccc(C(=O)COC(=O)CCNS(=O)(=O)c2c(C)cc(C)cc2C)cc1. The van der Waals surface area contributed by atoms with E-state index in [2.05, 4.69) is 4.72 Å². The molecule has 0 radical (unpaired) electrons. The van der Waals surface area contributed by atoms with Crippen LogP contribution in [0.3, 0.4) is 0 Å². The third-order valence-corrected chi connectivity index (χ3v) is 6.04. The molecule has 8 heteroatoms. The van der Waals surface area contributed by atoms with Crippen LogP contribution in [0.1, 0.15) is 33.5 Å². The number of nitrogens with one attached hydrogen (secondary N) is 1. The van der Waals surface area contributed by atoms with Gasteiger partial charge >= 0.3 is 5.97 Å². The molecule has 1 N–H and O–H groups in total. The first-order valence-corrected chi connectivity index (χ1v) is 10.5. The number of methoxy groups -OCH3 is 1. The Kier molecular flexibility index (Phi) is 7.53. The second kappa shape index (κ2) is 9.67. The van der Waals surface area contributed by atoms with Crippen molar-refractivity contribution in [2.45, 2.75) is 32.1 Å². The zero-order valence-electron chi connectivity index (χ0n) is 16.9. The first-order chi connectivity index (χ1) is 13.6. The van der Waals surface area contributed by atoms with Crippen LogP contribution in [0, 0.1) is 20.8 Å². The van der Waals surface area contributed by atoms with Gasteiger partial charge in [0.2, 0.25) is 10.0 Å². The number of rotatable bonds is 9. The van der Waals surface area contributed by atoms with Crippen LogP contribution in [0.2, 0.25) is 0 Å². The highest BCUT2D eigenvalue weighted by atomic mass is 32.2. The lowest BCUT2D eigenvalue weighted by atomic mass is 10.1. The summed E-state index contributed by atoms with van der Waals surface area (Å²) in [4.78, 5) is 24.1. The Morgan fingerprint density at radius 2 is 1.59 bits per heavy atom. The van der Waals surface area contributed by atoms with E-state index in [0.29, 0.717) is 22.4 Å². The van der Waals surface area contributed by atoms with Crippen molar-refractivity contribution in [2.75, 3.05) is 20.3 Å². The molecule has 0 aliphatic carbocycles. The molecule has 0 unspecified atom stereocenters. The smallest absolute Gasteiger partial charge is 0.307 e. The van der Waals surface area contributed by atoms with E-state index in [9.17, 15) is 18.0 Å². The quantitative estimate of drug-likeness (QED) is 0.496. The van der Waals surface area contributed by atoms with Crippen LogP contribution in [-0.2, 0) is 19.6 Å². The van der Waals surface area contributed by atoms with Crippen LogP contribution >= 0.6 is 0 Å². The van der Waals surface area contributed by atoms with Crippen LogP contribution in [0.15, 0.2) is 41.3 Å². The van der Waals surface area contributed by atoms with E-state index in [-0.39, 0.29) is 23.6 Å². The summed E-state index contributed by atoms with van der Waals surface area (Å²) in [5.41, 5.74) is 2.65. The summed E-state index contributed by atoms with van der Waals surface area (Å²) in [6.07, 6.45) is -0.181. The van der Waals surface area contributed by atoms with Gasteiger partial charge in [0.15, 0.2) is 12.4 Å². The molecule has 156 valence electrons. The Morgan fingerprint density at radius 3 is 2.14 bits per heavy atom. The van der Waals surface area contributed by atoms with Gasteiger partial charge in [-0.15, -0.1) is 0 Å². The van der Waals surface area contributed by atoms with E-state index in [0.717, 1.165) is 5.56 Å². The number of hydrogen-bond donors (Lipinski definition) is 1. The Labute approximate surface area is 171 Å². The number of ketones is 1. The van der Waals surface area contributed by atoms with Crippen molar-refractivity contribution in [2.24, 2.45) is 0 Å². The number of Topliss-reactive ketones (excluding diaryl/α,β-unsaturated/α-hetero) is 1. The minimum Gasteiger partial charge on any atom is -0.497 e. The van der Waals surface area contributed by atoms with Crippen molar-refractivity contribution in [3.63, 3.8) is 0 Å². The third kappa shape index (κ3) is 6.13. The van der Waals surface area contributed by atoms with Gasteiger partial charge in [-0.2, -0.15) is 0 Å². The van der Waals surface area contributed by atoms with Crippen LogP contribution in [0.5, 0.6) is 5.75 Å². The third-order valence-electron chi connectivity index (χ3n) is 4.27. The van der Waals surface area contributed by atoms with Crippen molar-refractivity contribution < 1.29 is 27.5 Å². The zero-order valence-corrected chi connectivity index (χ0v) is 17.8. The fourth-order valence-corrected chi connectivity index (χ4v) is 4.51. The summed E-state index contributed by atoms with van der Waals surface area (Å²) in [5, 5.41) is 0. The summed E-state index contributed by atoms with van der Waals surface area (Å²) in [7, 11) is -2.23. The number of hydrogen-bond acceptors (Lipinski definition) is 6. The molecule has 2 aromatic carbocycles. The molecule has 0 saturated heterocycles. The normalized spacial score (nSPS) is 11.2. The molecule has 0 fully saturated rings. The molecule has 2 rings (SSSR count). The maximum atomic E-state index is 12.5. The number of carbonyl (C=O) groups is 2. The van der Waals surface area contributed by atoms with E-state index in [1.807, 2.05) is 6.92 Å². The summed E-state index contributed by atoms with van der Waals surface area (Å²) in [6, 6.07) is 10.0. The van der Waals surface area contributed by atoms with Gasteiger partial charge in [-0.1, -0.05) is 17.7 Å². The lowest BCUT2D eigenvalue weighted by Gasteiger charge is -2.13. The molecule has 0 amide bonds. The van der Waals surface area contributed by atoms with Crippen LogP contribution in [0.4, 0.5) is 0 Å². The number of sulfonamides is 1. The maximum Gasteiger partial charge on any atom is 0.307 e. The number of aryl methyl sites for hydroxylation is 3. The largest absolute Gasteiger partial charge is 0.497 e. The number of esters is 1. The van der Waals surface area contributed by atoms with E-state index in [1.165, 1.54) is 7.11 Å². The standard InChI is InChI=1S/C21H25NO6S/c1-14-11-15(2)21(16(3)12-14)29(25,26)22-10-9-20(24)28-13-19(23)17-5-7-18(27-4)8-6-17/h5-8,11-12,22H,9-10,13H2,1-4H3. The van der Waals surface area contributed by atoms with Gasteiger partial charge < -0.3 is 9.47 Å². The predicted molar refractivity (Wildman–Crippen MR) is 109 cm³/mol. The predicted octanol–water partition coefficient (Wildman–Crippen LogP) is 2.71. The molecule has 0 spiro atoms. The van der Waals surface area contributed by atoms with Gasteiger partial charge in [-0.25, -0.2) is 13.1 Å². The van der Waals surface area contributed by atoms with Gasteiger partial charge in [0, 0.05) is 12.1 Å². The molecule has 0 bridgehead atoms. The molecule has 7 nitrogen and oxygen atoms in total. The fraction of sp³-hybridized carbons (Fsp3) is 0.333. The lowest BCUT2D eigenvalue weighted by molar-refractivity contribution is -0.142. The van der Waals surface area contributed by atoms with Gasteiger partial charge in [-0.05, 0) is 56.2 Å². The topological polar surface area (TPSA) is 98.8 Å². The molecule has 0 aliphatic rings. The minimum atomic E-state index is -3.75. The van der Waals surface area contributed by atoms with Crippen LogP contribution in [0.25, 0.3) is 0 Å².